The third-order valence-corrected chi connectivity index (χ3v) is 7.63. The van der Waals surface area contributed by atoms with Gasteiger partial charge in [0.1, 0.15) is 15.7 Å². The number of rotatable bonds is 8. The highest BCUT2D eigenvalue weighted by Gasteiger charge is 2.39. The van der Waals surface area contributed by atoms with Crippen LogP contribution in [0.5, 0.6) is 0 Å². The number of aryl methyl sites for hydroxylation is 1. The average molecular weight is 602 g/mol. The van der Waals surface area contributed by atoms with Crippen molar-refractivity contribution in [2.24, 2.45) is 0 Å². The first-order valence-electron chi connectivity index (χ1n) is 13.2. The molecule has 2 amide bonds. The van der Waals surface area contributed by atoms with E-state index in [0.29, 0.717) is 22.5 Å². The molecule has 2 N–H and O–H groups in total. The molecule has 7 nitrogen and oxygen atoms in total. The molecule has 2 aromatic heterocycles. The van der Waals surface area contributed by atoms with Crippen molar-refractivity contribution in [3.8, 4) is 11.1 Å². The Balaban J connectivity index is 1.26. The largest absolute Gasteiger partial charge is 0.435 e. The van der Waals surface area contributed by atoms with Gasteiger partial charge in [-0.05, 0) is 60.5 Å². The molecule has 2 heterocycles. The van der Waals surface area contributed by atoms with Crippen molar-refractivity contribution >= 4 is 40.3 Å². The second-order valence-electron chi connectivity index (χ2n) is 9.71. The van der Waals surface area contributed by atoms with E-state index in [2.05, 4.69) is 20.6 Å². The molecule has 43 heavy (non-hydrogen) atoms. The second-order valence-corrected chi connectivity index (χ2v) is 10.8. The molecule has 0 aliphatic heterocycles. The molecule has 0 aliphatic carbocycles. The van der Waals surface area contributed by atoms with Gasteiger partial charge in [0, 0.05) is 35.7 Å². The van der Waals surface area contributed by atoms with Crippen LogP contribution in [0, 0.1) is 6.92 Å². The van der Waals surface area contributed by atoms with E-state index in [1.807, 2.05) is 61.5 Å². The number of benzene rings is 3. The summed E-state index contributed by atoms with van der Waals surface area (Å²) in [5.74, 6) is -1.09. The van der Waals surface area contributed by atoms with E-state index in [4.69, 9.17) is 0 Å². The zero-order valence-corrected chi connectivity index (χ0v) is 24.0. The van der Waals surface area contributed by atoms with Crippen LogP contribution in [0.25, 0.3) is 11.1 Å². The summed E-state index contributed by atoms with van der Waals surface area (Å²) in [7, 11) is 1.74. The first kappa shape index (κ1) is 29.5. The molecule has 0 unspecified atom stereocenters. The molecule has 218 valence electrons. The average Bonchev–Trinajstić information content (AvgIpc) is 3.44. The lowest BCUT2D eigenvalue weighted by atomic mass is 10.1. The van der Waals surface area contributed by atoms with Crippen LogP contribution < -0.4 is 15.5 Å². The van der Waals surface area contributed by atoms with Crippen molar-refractivity contribution in [2.75, 3.05) is 22.6 Å². The molecule has 5 aromatic rings. The Morgan fingerprint density at radius 3 is 2.16 bits per heavy atom. The Kier molecular flexibility index (Phi) is 8.53. The number of nitrogens with zero attached hydrogens (tertiary/aromatic N) is 3. The van der Waals surface area contributed by atoms with E-state index in [1.54, 1.807) is 42.3 Å². The molecular formula is C32H26F3N5O2S. The van der Waals surface area contributed by atoms with Gasteiger partial charge >= 0.3 is 6.18 Å². The van der Waals surface area contributed by atoms with Crippen LogP contribution in [-0.2, 0) is 12.7 Å². The third-order valence-electron chi connectivity index (χ3n) is 6.59. The number of carbonyl (C=O) groups is 2. The number of hydrogen-bond donors (Lipinski definition) is 2. The maximum atomic E-state index is 13.8. The van der Waals surface area contributed by atoms with Gasteiger partial charge in [-0.1, -0.05) is 48.5 Å². The smallest absolute Gasteiger partial charge is 0.368 e. The first-order valence-corrected chi connectivity index (χ1v) is 14.0. The van der Waals surface area contributed by atoms with Crippen molar-refractivity contribution in [2.45, 2.75) is 19.6 Å². The maximum absolute atomic E-state index is 13.8. The van der Waals surface area contributed by atoms with Gasteiger partial charge in [-0.3, -0.25) is 9.59 Å². The fourth-order valence-electron chi connectivity index (χ4n) is 4.29. The minimum Gasteiger partial charge on any atom is -0.368 e. The van der Waals surface area contributed by atoms with Crippen molar-refractivity contribution in [1.82, 2.24) is 9.97 Å². The third kappa shape index (κ3) is 7.07. The standard InChI is InChI=1S/C32H26F3N5O2S/c1-20-8-6-7-11-25(20)37-30(41)22-14-12-21(13-15-22)23-16-17-26(36-18-23)38-31(42)28-29(32(33,34)35)39-27(43-28)19-40(2)24-9-4-3-5-10-24/h3-18H,19H2,1-2H3,(H,37,41)(H,36,38,42). The van der Waals surface area contributed by atoms with Crippen LogP contribution >= 0.6 is 11.3 Å². The number of nitrogens with one attached hydrogen (secondary N) is 2. The lowest BCUT2D eigenvalue weighted by molar-refractivity contribution is -0.141. The molecule has 0 bridgehead atoms. The van der Waals surface area contributed by atoms with E-state index < -0.39 is 22.7 Å². The number of para-hydroxylation sites is 2. The molecule has 0 saturated heterocycles. The second kappa shape index (κ2) is 12.5. The summed E-state index contributed by atoms with van der Waals surface area (Å²) < 4.78 is 41.3. The number of amides is 2. The fraction of sp³-hybridized carbons (Fsp3) is 0.125. The Morgan fingerprint density at radius 1 is 0.837 bits per heavy atom. The van der Waals surface area contributed by atoms with Crippen molar-refractivity contribution in [3.05, 3.63) is 124 Å². The summed E-state index contributed by atoms with van der Waals surface area (Å²) >= 11 is 0.696. The minimum absolute atomic E-state index is 0.0902. The highest BCUT2D eigenvalue weighted by atomic mass is 32.1. The molecule has 0 fully saturated rings. The number of alkyl halides is 3. The predicted molar refractivity (Wildman–Crippen MR) is 162 cm³/mol. The number of thiazole rings is 1. The van der Waals surface area contributed by atoms with Gasteiger partial charge in [-0.25, -0.2) is 9.97 Å². The number of carbonyl (C=O) groups excluding carboxylic acids is 2. The van der Waals surface area contributed by atoms with Gasteiger partial charge in [0.15, 0.2) is 5.69 Å². The predicted octanol–water partition coefficient (Wildman–Crippen LogP) is 7.67. The highest BCUT2D eigenvalue weighted by molar-refractivity contribution is 7.14. The van der Waals surface area contributed by atoms with E-state index >= 15 is 0 Å². The molecule has 11 heteroatoms. The zero-order chi connectivity index (χ0) is 30.6. The van der Waals surface area contributed by atoms with E-state index in [-0.39, 0.29) is 23.3 Å². The molecule has 0 atom stereocenters. The number of pyridine rings is 1. The minimum atomic E-state index is -4.80. The summed E-state index contributed by atoms with van der Waals surface area (Å²) in [6, 6.07) is 26.7. The Morgan fingerprint density at radius 2 is 1.51 bits per heavy atom. The summed E-state index contributed by atoms with van der Waals surface area (Å²) in [6.45, 7) is 2.01. The van der Waals surface area contributed by atoms with Gasteiger partial charge in [-0.2, -0.15) is 13.2 Å². The Hall–Kier alpha value is -5.03. The van der Waals surface area contributed by atoms with E-state index in [0.717, 1.165) is 22.5 Å². The normalized spacial score (nSPS) is 11.2. The van der Waals surface area contributed by atoms with Gasteiger partial charge in [0.05, 0.1) is 6.54 Å². The summed E-state index contributed by atoms with van der Waals surface area (Å²) in [6.07, 6.45) is -3.30. The first-order chi connectivity index (χ1) is 20.6. The quantitative estimate of drug-likeness (QED) is 0.191. The fourth-order valence-corrected chi connectivity index (χ4v) is 5.32. The number of aromatic nitrogens is 2. The Labute approximate surface area is 250 Å². The van der Waals surface area contributed by atoms with Crippen LogP contribution in [-0.4, -0.2) is 28.8 Å². The van der Waals surface area contributed by atoms with E-state index in [9.17, 15) is 22.8 Å². The van der Waals surface area contributed by atoms with Crippen molar-refractivity contribution in [1.29, 1.82) is 0 Å². The van der Waals surface area contributed by atoms with Crippen LogP contribution in [0.15, 0.2) is 97.2 Å². The van der Waals surface area contributed by atoms with E-state index in [1.165, 1.54) is 12.3 Å². The topological polar surface area (TPSA) is 87.2 Å². The van der Waals surface area contributed by atoms with Gasteiger partial charge in [0.25, 0.3) is 11.8 Å². The molecular weight excluding hydrogens is 575 g/mol. The molecule has 0 radical (unpaired) electrons. The van der Waals surface area contributed by atoms with Crippen LogP contribution in [0.4, 0.5) is 30.4 Å². The van der Waals surface area contributed by atoms with Gasteiger partial charge in [0.2, 0.25) is 0 Å². The summed E-state index contributed by atoms with van der Waals surface area (Å²) in [5, 5.41) is 5.50. The lowest BCUT2D eigenvalue weighted by Crippen LogP contribution is -2.18. The van der Waals surface area contributed by atoms with Crippen LogP contribution in [0.1, 0.15) is 36.3 Å². The van der Waals surface area contributed by atoms with Crippen molar-refractivity contribution in [3.63, 3.8) is 0 Å². The monoisotopic (exact) mass is 601 g/mol. The summed E-state index contributed by atoms with van der Waals surface area (Å²) in [5.41, 5.74) is 3.21. The number of hydrogen-bond acceptors (Lipinski definition) is 6. The van der Waals surface area contributed by atoms with Gasteiger partial charge in [-0.15, -0.1) is 11.3 Å². The lowest BCUT2D eigenvalue weighted by Gasteiger charge is -2.17. The summed E-state index contributed by atoms with van der Waals surface area (Å²) in [4.78, 5) is 34.8. The van der Waals surface area contributed by atoms with Crippen LogP contribution in [0.3, 0.4) is 0 Å². The highest BCUT2D eigenvalue weighted by Crippen LogP contribution is 2.35. The van der Waals surface area contributed by atoms with Gasteiger partial charge < -0.3 is 15.5 Å². The van der Waals surface area contributed by atoms with Crippen LogP contribution in [0.2, 0.25) is 0 Å². The maximum Gasteiger partial charge on any atom is 0.435 e. The number of halogens is 3. The van der Waals surface area contributed by atoms with Crippen molar-refractivity contribution < 1.29 is 22.8 Å². The zero-order valence-electron chi connectivity index (χ0n) is 23.1. The molecule has 0 spiro atoms. The SMILES string of the molecule is Cc1ccccc1NC(=O)c1ccc(-c2ccc(NC(=O)c3sc(CN(C)c4ccccc4)nc3C(F)(F)F)nc2)cc1. The molecule has 3 aromatic carbocycles. The molecule has 5 rings (SSSR count). The molecule has 0 saturated carbocycles. The number of anilines is 3. The Bertz CT molecular complexity index is 1740. The molecule has 0 aliphatic rings.